The number of urea groups is 1. The van der Waals surface area contributed by atoms with Gasteiger partial charge in [-0.3, -0.25) is 4.79 Å². The van der Waals surface area contributed by atoms with E-state index in [-0.39, 0.29) is 11.9 Å². The van der Waals surface area contributed by atoms with Crippen LogP contribution >= 0.6 is 0 Å². The standard InChI is InChI=1S/C15H22N2O3/c1-10-6-7-11(2)13(9-10)17-15(20)16-8-4-5-12(3)14(18)19/h6-7,9,12H,4-5,8H2,1-3H3,(H,18,19)(H2,16,17,20). The van der Waals surface area contributed by atoms with Gasteiger partial charge in [0.25, 0.3) is 0 Å². The van der Waals surface area contributed by atoms with Crippen LogP contribution in [0.15, 0.2) is 18.2 Å². The van der Waals surface area contributed by atoms with Crippen LogP contribution in [0.3, 0.4) is 0 Å². The zero-order valence-electron chi connectivity index (χ0n) is 12.2. The first kappa shape index (κ1) is 16.0. The second kappa shape index (κ2) is 7.53. The van der Waals surface area contributed by atoms with Crippen molar-refractivity contribution in [2.75, 3.05) is 11.9 Å². The van der Waals surface area contributed by atoms with Gasteiger partial charge in [-0.1, -0.05) is 19.1 Å². The minimum absolute atomic E-state index is 0.262. The van der Waals surface area contributed by atoms with Crippen LogP contribution in [0.1, 0.15) is 30.9 Å². The Balaban J connectivity index is 2.34. The maximum atomic E-state index is 11.7. The number of carbonyl (C=O) groups excluding carboxylic acids is 1. The zero-order chi connectivity index (χ0) is 15.1. The molecular weight excluding hydrogens is 256 g/mol. The number of anilines is 1. The summed E-state index contributed by atoms with van der Waals surface area (Å²) >= 11 is 0. The molecule has 110 valence electrons. The quantitative estimate of drug-likeness (QED) is 0.700. The molecule has 0 aromatic heterocycles. The maximum absolute atomic E-state index is 11.7. The summed E-state index contributed by atoms with van der Waals surface area (Å²) < 4.78 is 0. The Hall–Kier alpha value is -2.04. The molecule has 2 amide bonds. The number of nitrogens with one attached hydrogen (secondary N) is 2. The molecule has 5 nitrogen and oxygen atoms in total. The Labute approximate surface area is 119 Å². The lowest BCUT2D eigenvalue weighted by atomic mass is 10.1. The summed E-state index contributed by atoms with van der Waals surface area (Å²) in [6.45, 7) is 6.03. The van der Waals surface area contributed by atoms with Crippen LogP contribution in [0.4, 0.5) is 10.5 Å². The number of carboxylic acids is 1. The summed E-state index contributed by atoms with van der Waals surface area (Å²) in [5, 5.41) is 14.3. The number of hydrogen-bond acceptors (Lipinski definition) is 2. The fourth-order valence-corrected chi connectivity index (χ4v) is 1.77. The van der Waals surface area contributed by atoms with Crippen molar-refractivity contribution in [3.63, 3.8) is 0 Å². The molecule has 0 saturated carbocycles. The molecule has 5 heteroatoms. The predicted octanol–water partition coefficient (Wildman–Crippen LogP) is 2.93. The van der Waals surface area contributed by atoms with Crippen LogP contribution in [-0.2, 0) is 4.79 Å². The number of carboxylic acid groups (broad SMARTS) is 1. The highest BCUT2D eigenvalue weighted by Crippen LogP contribution is 2.16. The molecule has 0 saturated heterocycles. The van der Waals surface area contributed by atoms with Crippen LogP contribution in [0.5, 0.6) is 0 Å². The molecule has 0 fully saturated rings. The van der Waals surface area contributed by atoms with Gasteiger partial charge in [0.05, 0.1) is 5.92 Å². The van der Waals surface area contributed by atoms with E-state index in [0.717, 1.165) is 16.8 Å². The molecule has 0 aliphatic heterocycles. The molecule has 20 heavy (non-hydrogen) atoms. The lowest BCUT2D eigenvalue weighted by Crippen LogP contribution is -2.30. The van der Waals surface area contributed by atoms with E-state index < -0.39 is 5.97 Å². The molecule has 0 aliphatic carbocycles. The molecule has 1 aromatic rings. The van der Waals surface area contributed by atoms with Crippen LogP contribution in [0.2, 0.25) is 0 Å². The minimum atomic E-state index is -0.801. The van der Waals surface area contributed by atoms with E-state index in [4.69, 9.17) is 5.11 Å². The van der Waals surface area contributed by atoms with Crippen molar-refractivity contribution in [3.8, 4) is 0 Å². The Morgan fingerprint density at radius 2 is 2.00 bits per heavy atom. The lowest BCUT2D eigenvalue weighted by Gasteiger charge is -2.11. The van der Waals surface area contributed by atoms with Gasteiger partial charge < -0.3 is 15.7 Å². The summed E-state index contributed by atoms with van der Waals surface area (Å²) in [4.78, 5) is 22.4. The Kier molecular flexibility index (Phi) is 6.03. The Morgan fingerprint density at radius 3 is 2.65 bits per heavy atom. The summed E-state index contributed by atoms with van der Waals surface area (Å²) in [7, 11) is 0. The molecular formula is C15H22N2O3. The van der Waals surface area contributed by atoms with Crippen LogP contribution in [-0.4, -0.2) is 23.7 Å². The summed E-state index contributed by atoms with van der Waals surface area (Å²) in [6, 6.07) is 5.61. The number of rotatable bonds is 6. The Morgan fingerprint density at radius 1 is 1.30 bits per heavy atom. The van der Waals surface area contributed by atoms with E-state index in [1.807, 2.05) is 32.0 Å². The SMILES string of the molecule is Cc1ccc(C)c(NC(=O)NCCCC(C)C(=O)O)c1. The first-order chi connectivity index (χ1) is 9.40. The van der Waals surface area contributed by atoms with Crippen molar-refractivity contribution in [3.05, 3.63) is 29.3 Å². The van der Waals surface area contributed by atoms with Gasteiger partial charge in [-0.25, -0.2) is 4.79 Å². The first-order valence-electron chi connectivity index (χ1n) is 6.75. The van der Waals surface area contributed by atoms with Gasteiger partial charge in [0.1, 0.15) is 0 Å². The number of benzene rings is 1. The largest absolute Gasteiger partial charge is 0.481 e. The molecule has 1 rings (SSSR count). The molecule has 1 atom stereocenters. The normalized spacial score (nSPS) is 11.8. The summed E-state index contributed by atoms with van der Waals surface area (Å²) in [5.74, 6) is -1.18. The number of aliphatic carboxylic acids is 1. The van der Waals surface area contributed by atoms with Gasteiger partial charge in [0.2, 0.25) is 0 Å². The third-order valence-electron chi connectivity index (χ3n) is 3.16. The average molecular weight is 278 g/mol. The highest BCUT2D eigenvalue weighted by molar-refractivity contribution is 5.90. The molecule has 0 spiro atoms. The zero-order valence-corrected chi connectivity index (χ0v) is 12.2. The monoisotopic (exact) mass is 278 g/mol. The van der Waals surface area contributed by atoms with Gasteiger partial charge in [0, 0.05) is 12.2 Å². The smallest absolute Gasteiger partial charge is 0.319 e. The lowest BCUT2D eigenvalue weighted by molar-refractivity contribution is -0.141. The number of hydrogen-bond donors (Lipinski definition) is 3. The highest BCUT2D eigenvalue weighted by Gasteiger charge is 2.10. The fraction of sp³-hybridized carbons (Fsp3) is 0.467. The van der Waals surface area contributed by atoms with E-state index in [9.17, 15) is 9.59 Å². The predicted molar refractivity (Wildman–Crippen MR) is 79.0 cm³/mol. The van der Waals surface area contributed by atoms with E-state index in [1.54, 1.807) is 6.92 Å². The van der Waals surface area contributed by atoms with Crippen molar-refractivity contribution in [1.82, 2.24) is 5.32 Å². The Bertz CT molecular complexity index is 486. The number of aryl methyl sites for hydroxylation is 2. The van der Waals surface area contributed by atoms with E-state index in [1.165, 1.54) is 0 Å². The second-order valence-corrected chi connectivity index (χ2v) is 5.08. The average Bonchev–Trinajstić information content (AvgIpc) is 2.38. The van der Waals surface area contributed by atoms with Crippen LogP contribution < -0.4 is 10.6 Å². The molecule has 1 aromatic carbocycles. The van der Waals surface area contributed by atoms with Gasteiger partial charge in [0.15, 0.2) is 0 Å². The van der Waals surface area contributed by atoms with Gasteiger partial charge in [-0.05, 0) is 43.9 Å². The number of carbonyl (C=O) groups is 2. The van der Waals surface area contributed by atoms with Gasteiger partial charge in [-0.15, -0.1) is 0 Å². The topological polar surface area (TPSA) is 78.4 Å². The fourth-order valence-electron chi connectivity index (χ4n) is 1.77. The van der Waals surface area contributed by atoms with Crippen molar-refractivity contribution in [1.29, 1.82) is 0 Å². The van der Waals surface area contributed by atoms with Crippen molar-refractivity contribution in [2.45, 2.75) is 33.6 Å². The maximum Gasteiger partial charge on any atom is 0.319 e. The third-order valence-corrected chi connectivity index (χ3v) is 3.16. The minimum Gasteiger partial charge on any atom is -0.481 e. The van der Waals surface area contributed by atoms with Crippen LogP contribution in [0, 0.1) is 19.8 Å². The molecule has 0 aliphatic rings. The van der Waals surface area contributed by atoms with E-state index >= 15 is 0 Å². The highest BCUT2D eigenvalue weighted by atomic mass is 16.4. The van der Waals surface area contributed by atoms with Crippen molar-refractivity contribution >= 4 is 17.7 Å². The molecule has 0 heterocycles. The number of amides is 2. The third kappa shape index (κ3) is 5.30. The molecule has 3 N–H and O–H groups in total. The molecule has 1 unspecified atom stereocenters. The van der Waals surface area contributed by atoms with Crippen molar-refractivity contribution in [2.24, 2.45) is 5.92 Å². The van der Waals surface area contributed by atoms with Gasteiger partial charge >= 0.3 is 12.0 Å². The first-order valence-corrected chi connectivity index (χ1v) is 6.75. The summed E-state index contributed by atoms with van der Waals surface area (Å²) in [6.07, 6.45) is 1.20. The summed E-state index contributed by atoms with van der Waals surface area (Å²) in [5.41, 5.74) is 2.88. The van der Waals surface area contributed by atoms with Gasteiger partial charge in [-0.2, -0.15) is 0 Å². The van der Waals surface area contributed by atoms with E-state index in [0.29, 0.717) is 19.4 Å². The van der Waals surface area contributed by atoms with Crippen LogP contribution in [0.25, 0.3) is 0 Å². The molecule has 0 bridgehead atoms. The van der Waals surface area contributed by atoms with E-state index in [2.05, 4.69) is 10.6 Å². The second-order valence-electron chi connectivity index (χ2n) is 5.08. The van der Waals surface area contributed by atoms with Crippen molar-refractivity contribution < 1.29 is 14.7 Å². The molecule has 0 radical (unpaired) electrons.